The lowest BCUT2D eigenvalue weighted by atomic mass is 10.1. The number of aryl methyl sites for hydroxylation is 1. The largest absolute Gasteiger partial charge is 0.466 e. The van der Waals surface area contributed by atoms with Crippen LogP contribution in [0.25, 0.3) is 0 Å². The lowest BCUT2D eigenvalue weighted by Crippen LogP contribution is -2.22. The average molecular weight is 327 g/mol. The molecular weight excluding hydrogens is 310 g/mol. The van der Waals surface area contributed by atoms with Gasteiger partial charge in [-0.3, -0.25) is 4.79 Å². The Morgan fingerprint density at radius 2 is 2.00 bits per heavy atom. The zero-order chi connectivity index (χ0) is 16.2. The average Bonchev–Trinajstić information content (AvgIpc) is 3.24. The van der Waals surface area contributed by atoms with E-state index in [2.05, 4.69) is 5.32 Å². The molecule has 0 aliphatic carbocycles. The molecule has 0 saturated heterocycles. The molecule has 1 amide bonds. The van der Waals surface area contributed by atoms with Crippen LogP contribution in [0.5, 0.6) is 0 Å². The molecule has 0 fully saturated rings. The molecule has 4 nitrogen and oxygen atoms in total. The Hall–Kier alpha value is -2.37. The smallest absolute Gasteiger partial charge is 0.251 e. The highest BCUT2D eigenvalue weighted by Crippen LogP contribution is 2.28. The van der Waals surface area contributed by atoms with E-state index in [0.29, 0.717) is 17.9 Å². The van der Waals surface area contributed by atoms with Gasteiger partial charge in [-0.25, -0.2) is 0 Å². The summed E-state index contributed by atoms with van der Waals surface area (Å²) >= 11 is 1.45. The number of furan rings is 1. The fraction of sp³-hybridized carbons (Fsp3) is 0.167. The monoisotopic (exact) mass is 327 g/mol. The zero-order valence-electron chi connectivity index (χ0n) is 12.7. The Balaban J connectivity index is 1.61. The van der Waals surface area contributed by atoms with Gasteiger partial charge < -0.3 is 14.8 Å². The fourth-order valence-corrected chi connectivity index (χ4v) is 3.14. The standard InChI is InChI=1S/C18H17NO3S/c1-12-4-6-13(7-5-12)18(21)19-11-14-8-9-16(23-14)17(20)15-3-2-10-22-15/h2-10,17,20H,11H2,1H3,(H,19,21). The Kier molecular flexibility index (Phi) is 4.60. The molecule has 0 bridgehead atoms. The predicted molar refractivity (Wildman–Crippen MR) is 89.4 cm³/mol. The molecule has 23 heavy (non-hydrogen) atoms. The van der Waals surface area contributed by atoms with Crippen LogP contribution in [0.15, 0.2) is 59.2 Å². The maximum atomic E-state index is 12.1. The van der Waals surface area contributed by atoms with Crippen molar-refractivity contribution < 1.29 is 14.3 Å². The Morgan fingerprint density at radius 3 is 2.70 bits per heavy atom. The van der Waals surface area contributed by atoms with E-state index in [1.165, 1.54) is 17.6 Å². The van der Waals surface area contributed by atoms with Gasteiger partial charge in [0.1, 0.15) is 11.9 Å². The molecule has 0 spiro atoms. The van der Waals surface area contributed by atoms with Crippen LogP contribution in [0, 0.1) is 6.92 Å². The van der Waals surface area contributed by atoms with E-state index in [-0.39, 0.29) is 5.91 Å². The molecule has 3 rings (SSSR count). The summed E-state index contributed by atoms with van der Waals surface area (Å²) < 4.78 is 5.21. The third kappa shape index (κ3) is 3.70. The van der Waals surface area contributed by atoms with E-state index in [4.69, 9.17) is 4.42 Å². The summed E-state index contributed by atoms with van der Waals surface area (Å²) in [4.78, 5) is 13.9. The summed E-state index contributed by atoms with van der Waals surface area (Å²) in [5.74, 6) is 0.411. The molecule has 1 unspecified atom stereocenters. The minimum atomic E-state index is -0.767. The van der Waals surface area contributed by atoms with Crippen molar-refractivity contribution in [2.45, 2.75) is 19.6 Å². The molecule has 5 heteroatoms. The normalized spacial score (nSPS) is 12.1. The van der Waals surface area contributed by atoms with Gasteiger partial charge in [0.05, 0.1) is 12.8 Å². The maximum absolute atomic E-state index is 12.1. The summed E-state index contributed by atoms with van der Waals surface area (Å²) in [6.07, 6.45) is 0.769. The van der Waals surface area contributed by atoms with Gasteiger partial charge in [0.2, 0.25) is 0 Å². The first-order valence-corrected chi connectivity index (χ1v) is 8.10. The number of aliphatic hydroxyl groups excluding tert-OH is 1. The molecule has 0 saturated carbocycles. The number of thiophene rings is 1. The number of hydrogen-bond acceptors (Lipinski definition) is 4. The minimum absolute atomic E-state index is 0.105. The van der Waals surface area contributed by atoms with E-state index < -0.39 is 6.10 Å². The van der Waals surface area contributed by atoms with Crippen molar-refractivity contribution >= 4 is 17.2 Å². The second-order valence-corrected chi connectivity index (χ2v) is 6.47. The minimum Gasteiger partial charge on any atom is -0.466 e. The molecule has 1 atom stereocenters. The summed E-state index contributed by atoms with van der Waals surface area (Å²) in [5, 5.41) is 13.1. The molecule has 3 aromatic rings. The van der Waals surface area contributed by atoms with E-state index in [1.807, 2.05) is 43.3 Å². The van der Waals surface area contributed by atoms with Gasteiger partial charge in [-0.1, -0.05) is 17.7 Å². The highest BCUT2D eigenvalue weighted by Gasteiger charge is 2.15. The van der Waals surface area contributed by atoms with Crippen LogP contribution in [0.2, 0.25) is 0 Å². The van der Waals surface area contributed by atoms with Crippen LogP contribution in [-0.4, -0.2) is 11.0 Å². The van der Waals surface area contributed by atoms with Crippen LogP contribution >= 0.6 is 11.3 Å². The van der Waals surface area contributed by atoms with Crippen LogP contribution in [-0.2, 0) is 6.54 Å². The maximum Gasteiger partial charge on any atom is 0.251 e. The highest BCUT2D eigenvalue weighted by atomic mass is 32.1. The first-order valence-electron chi connectivity index (χ1n) is 7.28. The fourth-order valence-electron chi connectivity index (χ4n) is 2.20. The van der Waals surface area contributed by atoms with Gasteiger partial charge in [-0.15, -0.1) is 11.3 Å². The number of amides is 1. The van der Waals surface area contributed by atoms with E-state index >= 15 is 0 Å². The molecule has 0 aliphatic rings. The number of benzene rings is 1. The van der Waals surface area contributed by atoms with E-state index in [0.717, 1.165) is 15.3 Å². The zero-order valence-corrected chi connectivity index (χ0v) is 13.5. The summed E-state index contributed by atoms with van der Waals surface area (Å²) in [6, 6.07) is 14.7. The Labute approximate surface area is 138 Å². The molecule has 2 N–H and O–H groups in total. The SMILES string of the molecule is Cc1ccc(C(=O)NCc2ccc(C(O)c3ccco3)s2)cc1. The summed E-state index contributed by atoms with van der Waals surface area (Å²) in [6.45, 7) is 2.42. The van der Waals surface area contributed by atoms with Crippen LogP contribution < -0.4 is 5.32 Å². The van der Waals surface area contributed by atoms with Gasteiger partial charge >= 0.3 is 0 Å². The molecule has 0 radical (unpaired) electrons. The van der Waals surface area contributed by atoms with Crippen molar-refractivity contribution in [3.63, 3.8) is 0 Å². The molecule has 0 aliphatic heterocycles. The van der Waals surface area contributed by atoms with Crippen LogP contribution in [0.1, 0.15) is 37.5 Å². The van der Waals surface area contributed by atoms with Crippen molar-refractivity contribution in [2.75, 3.05) is 0 Å². The topological polar surface area (TPSA) is 62.5 Å². The molecule has 118 valence electrons. The predicted octanol–water partition coefficient (Wildman–Crippen LogP) is 3.66. The highest BCUT2D eigenvalue weighted by molar-refractivity contribution is 7.12. The first-order chi connectivity index (χ1) is 11.1. The van der Waals surface area contributed by atoms with Gasteiger partial charge in [0.25, 0.3) is 5.91 Å². The van der Waals surface area contributed by atoms with E-state index in [9.17, 15) is 9.90 Å². The number of carbonyl (C=O) groups excluding carboxylic acids is 1. The van der Waals surface area contributed by atoms with E-state index in [1.54, 1.807) is 12.1 Å². The summed E-state index contributed by atoms with van der Waals surface area (Å²) in [7, 11) is 0. The lowest BCUT2D eigenvalue weighted by molar-refractivity contribution is 0.0951. The third-order valence-corrected chi connectivity index (χ3v) is 4.64. The number of carbonyl (C=O) groups is 1. The van der Waals surface area contributed by atoms with Gasteiger partial charge in [-0.2, -0.15) is 0 Å². The molecule has 1 aromatic carbocycles. The Morgan fingerprint density at radius 1 is 1.22 bits per heavy atom. The second-order valence-electron chi connectivity index (χ2n) is 5.27. The van der Waals surface area contributed by atoms with Crippen molar-refractivity contribution in [2.24, 2.45) is 0 Å². The molecular formula is C18H17NO3S. The van der Waals surface area contributed by atoms with Crippen molar-refractivity contribution in [3.8, 4) is 0 Å². The Bertz CT molecular complexity index is 775. The number of rotatable bonds is 5. The number of aliphatic hydroxyl groups is 1. The van der Waals surface area contributed by atoms with Crippen molar-refractivity contribution in [3.05, 3.63) is 81.4 Å². The van der Waals surface area contributed by atoms with Gasteiger partial charge in [0, 0.05) is 15.3 Å². The number of nitrogens with one attached hydrogen (secondary N) is 1. The molecule has 2 aromatic heterocycles. The quantitative estimate of drug-likeness (QED) is 0.752. The first kappa shape index (κ1) is 15.5. The van der Waals surface area contributed by atoms with Crippen molar-refractivity contribution in [1.29, 1.82) is 0 Å². The van der Waals surface area contributed by atoms with Crippen LogP contribution in [0.3, 0.4) is 0 Å². The van der Waals surface area contributed by atoms with Gasteiger partial charge in [0.15, 0.2) is 0 Å². The van der Waals surface area contributed by atoms with Gasteiger partial charge in [-0.05, 0) is 43.3 Å². The second kappa shape index (κ2) is 6.81. The van der Waals surface area contributed by atoms with Crippen LogP contribution in [0.4, 0.5) is 0 Å². The number of hydrogen-bond donors (Lipinski definition) is 2. The lowest BCUT2D eigenvalue weighted by Gasteiger charge is -2.05. The van der Waals surface area contributed by atoms with Crippen molar-refractivity contribution in [1.82, 2.24) is 5.32 Å². The summed E-state index contributed by atoms with van der Waals surface area (Å²) in [5.41, 5.74) is 1.76. The third-order valence-electron chi connectivity index (χ3n) is 3.50. The molecule has 2 heterocycles.